The van der Waals surface area contributed by atoms with Crippen molar-refractivity contribution in [1.29, 1.82) is 0 Å². The van der Waals surface area contributed by atoms with Crippen molar-refractivity contribution in [1.82, 2.24) is 0 Å². The zero-order valence-corrected chi connectivity index (χ0v) is 16.4. The first-order chi connectivity index (χ1) is 13.3. The fourth-order valence-electron chi connectivity index (χ4n) is 3.05. The maximum atomic E-state index is 6.42. The largest absolute Gasteiger partial charge is 0.355 e. The van der Waals surface area contributed by atoms with E-state index < -0.39 is 7.92 Å². The predicted molar refractivity (Wildman–Crippen MR) is 120 cm³/mol. The van der Waals surface area contributed by atoms with E-state index in [0.29, 0.717) is 0 Å². The number of benzene rings is 4. The smallest absolute Gasteiger partial charge is 0.0470 e. The Bertz CT molecular complexity index is 965. The second-order valence-electron chi connectivity index (χ2n) is 6.16. The second kappa shape index (κ2) is 8.39. The zero-order valence-electron chi connectivity index (χ0n) is 14.7. The molecule has 4 rings (SSSR count). The highest BCUT2D eigenvalue weighted by atomic mass is 35.5. The highest BCUT2D eigenvalue weighted by molar-refractivity contribution is 7.80. The summed E-state index contributed by atoms with van der Waals surface area (Å²) in [5.41, 5.74) is 2.15. The molecule has 1 nitrogen and oxygen atoms in total. The maximum absolute atomic E-state index is 6.42. The molecule has 27 heavy (non-hydrogen) atoms. The Morgan fingerprint density at radius 3 is 1.67 bits per heavy atom. The van der Waals surface area contributed by atoms with Crippen LogP contribution in [-0.2, 0) is 0 Å². The number of rotatable bonds is 5. The van der Waals surface area contributed by atoms with Gasteiger partial charge in [0.15, 0.2) is 0 Å². The second-order valence-corrected chi connectivity index (χ2v) is 8.78. The molecule has 0 radical (unpaired) electrons. The Hall–Kier alpha value is -2.60. The van der Waals surface area contributed by atoms with Crippen LogP contribution in [0.15, 0.2) is 109 Å². The molecule has 0 spiro atoms. The molecular weight excluding hydrogens is 369 g/mol. The van der Waals surface area contributed by atoms with E-state index in [4.69, 9.17) is 11.6 Å². The molecule has 0 heterocycles. The molecule has 4 aromatic carbocycles. The van der Waals surface area contributed by atoms with Crippen LogP contribution in [0.25, 0.3) is 0 Å². The molecule has 132 valence electrons. The summed E-state index contributed by atoms with van der Waals surface area (Å²) in [6, 6.07) is 37.7. The van der Waals surface area contributed by atoms with E-state index in [9.17, 15) is 0 Å². The number of anilines is 2. The fourth-order valence-corrected chi connectivity index (χ4v) is 5.74. The van der Waals surface area contributed by atoms with Crippen LogP contribution in [-0.4, -0.2) is 0 Å². The standard InChI is InChI=1S/C24H19ClNP/c25-19-16-17-23(26-20-10-4-1-5-11-20)24(18-19)27(21-12-6-2-7-13-21)22-14-8-3-9-15-22/h1-18,26H. The van der Waals surface area contributed by atoms with Gasteiger partial charge < -0.3 is 5.32 Å². The van der Waals surface area contributed by atoms with E-state index in [2.05, 4.69) is 90.2 Å². The van der Waals surface area contributed by atoms with Gasteiger partial charge in [-0.15, -0.1) is 0 Å². The van der Waals surface area contributed by atoms with E-state index in [-0.39, 0.29) is 0 Å². The molecule has 4 aromatic rings. The Labute approximate surface area is 166 Å². The molecule has 0 aliphatic carbocycles. The summed E-state index contributed by atoms with van der Waals surface area (Å²) < 4.78 is 0. The number of halogens is 1. The van der Waals surface area contributed by atoms with Crippen molar-refractivity contribution in [2.24, 2.45) is 0 Å². The minimum atomic E-state index is -0.726. The molecule has 0 fully saturated rings. The Morgan fingerprint density at radius 1 is 0.593 bits per heavy atom. The van der Waals surface area contributed by atoms with Gasteiger partial charge in [-0.1, -0.05) is 90.5 Å². The minimum absolute atomic E-state index is 0.726. The first kappa shape index (κ1) is 17.8. The van der Waals surface area contributed by atoms with Crippen LogP contribution in [0.3, 0.4) is 0 Å². The summed E-state index contributed by atoms with van der Waals surface area (Å²) in [4.78, 5) is 0. The Morgan fingerprint density at radius 2 is 1.11 bits per heavy atom. The van der Waals surface area contributed by atoms with E-state index in [0.717, 1.165) is 16.4 Å². The summed E-state index contributed by atoms with van der Waals surface area (Å²) in [6.07, 6.45) is 0. The third-order valence-electron chi connectivity index (χ3n) is 4.28. The summed E-state index contributed by atoms with van der Waals surface area (Å²) in [5.74, 6) is 0. The van der Waals surface area contributed by atoms with Crippen LogP contribution in [0.2, 0.25) is 5.02 Å². The molecule has 1 N–H and O–H groups in total. The van der Waals surface area contributed by atoms with E-state index in [1.807, 2.05) is 24.3 Å². The lowest BCUT2D eigenvalue weighted by atomic mass is 10.2. The number of nitrogens with one attached hydrogen (secondary N) is 1. The average molecular weight is 388 g/mol. The maximum Gasteiger partial charge on any atom is 0.0470 e. The fraction of sp³-hybridized carbons (Fsp3) is 0. The third kappa shape index (κ3) is 4.22. The van der Waals surface area contributed by atoms with Crippen molar-refractivity contribution < 1.29 is 0 Å². The van der Waals surface area contributed by atoms with Crippen LogP contribution in [0.5, 0.6) is 0 Å². The molecule has 0 unspecified atom stereocenters. The quantitative estimate of drug-likeness (QED) is 0.424. The molecule has 0 atom stereocenters. The summed E-state index contributed by atoms with van der Waals surface area (Å²) in [5, 5.41) is 8.16. The van der Waals surface area contributed by atoms with Gasteiger partial charge in [-0.3, -0.25) is 0 Å². The van der Waals surface area contributed by atoms with Crippen molar-refractivity contribution in [3.8, 4) is 0 Å². The SMILES string of the molecule is Clc1ccc(Nc2ccccc2)c(P(c2ccccc2)c2ccccc2)c1. The lowest BCUT2D eigenvalue weighted by molar-refractivity contribution is 1.57. The van der Waals surface area contributed by atoms with E-state index in [1.165, 1.54) is 15.9 Å². The highest BCUT2D eigenvalue weighted by Gasteiger charge is 2.20. The molecule has 3 heteroatoms. The van der Waals surface area contributed by atoms with Gasteiger partial charge in [0, 0.05) is 21.7 Å². The van der Waals surface area contributed by atoms with Crippen molar-refractivity contribution in [2.45, 2.75) is 0 Å². The normalized spacial score (nSPS) is 10.7. The van der Waals surface area contributed by atoms with Crippen LogP contribution in [0.4, 0.5) is 11.4 Å². The third-order valence-corrected chi connectivity index (χ3v) is 7.00. The van der Waals surface area contributed by atoms with Crippen LogP contribution < -0.4 is 21.2 Å². The highest BCUT2D eigenvalue weighted by Crippen LogP contribution is 2.37. The number of hydrogen-bond acceptors (Lipinski definition) is 1. The van der Waals surface area contributed by atoms with Gasteiger partial charge in [0.2, 0.25) is 0 Å². The van der Waals surface area contributed by atoms with Crippen molar-refractivity contribution >= 4 is 46.8 Å². The summed E-state index contributed by atoms with van der Waals surface area (Å²) >= 11 is 6.42. The molecule has 0 saturated carbocycles. The zero-order chi connectivity index (χ0) is 18.5. The van der Waals surface area contributed by atoms with Crippen LogP contribution in [0.1, 0.15) is 0 Å². The van der Waals surface area contributed by atoms with Gasteiger partial charge in [0.25, 0.3) is 0 Å². The van der Waals surface area contributed by atoms with Gasteiger partial charge in [0.1, 0.15) is 0 Å². The van der Waals surface area contributed by atoms with Crippen molar-refractivity contribution in [3.63, 3.8) is 0 Å². The van der Waals surface area contributed by atoms with Gasteiger partial charge in [-0.25, -0.2) is 0 Å². The Balaban J connectivity index is 1.86. The molecule has 0 aromatic heterocycles. The van der Waals surface area contributed by atoms with Gasteiger partial charge in [-0.2, -0.15) is 0 Å². The van der Waals surface area contributed by atoms with E-state index in [1.54, 1.807) is 0 Å². The van der Waals surface area contributed by atoms with Gasteiger partial charge in [-0.05, 0) is 48.9 Å². The lowest BCUT2D eigenvalue weighted by Gasteiger charge is -2.23. The van der Waals surface area contributed by atoms with Crippen LogP contribution >= 0.6 is 19.5 Å². The first-order valence-corrected chi connectivity index (χ1v) is 10.5. The van der Waals surface area contributed by atoms with Gasteiger partial charge in [0.05, 0.1) is 0 Å². The molecule has 0 aliphatic heterocycles. The first-order valence-electron chi connectivity index (χ1n) is 8.83. The summed E-state index contributed by atoms with van der Waals surface area (Å²) in [7, 11) is -0.726. The molecule has 0 amide bonds. The lowest BCUT2D eigenvalue weighted by Crippen LogP contribution is -2.22. The topological polar surface area (TPSA) is 12.0 Å². The average Bonchev–Trinajstić information content (AvgIpc) is 2.73. The Kier molecular flexibility index (Phi) is 5.53. The number of para-hydroxylation sites is 1. The molecular formula is C24H19ClNP. The molecule has 0 aliphatic rings. The molecule has 0 bridgehead atoms. The minimum Gasteiger partial charge on any atom is -0.355 e. The monoisotopic (exact) mass is 387 g/mol. The van der Waals surface area contributed by atoms with Crippen molar-refractivity contribution in [3.05, 3.63) is 114 Å². The van der Waals surface area contributed by atoms with Crippen LogP contribution in [0, 0.1) is 0 Å². The van der Waals surface area contributed by atoms with E-state index >= 15 is 0 Å². The molecule has 0 saturated heterocycles. The predicted octanol–water partition coefficient (Wildman–Crippen LogP) is 5.84. The van der Waals surface area contributed by atoms with Gasteiger partial charge >= 0.3 is 0 Å². The summed E-state index contributed by atoms with van der Waals surface area (Å²) in [6.45, 7) is 0. The number of hydrogen-bond donors (Lipinski definition) is 1. The van der Waals surface area contributed by atoms with Crippen molar-refractivity contribution in [2.75, 3.05) is 5.32 Å².